The van der Waals surface area contributed by atoms with E-state index in [1.807, 2.05) is 20.2 Å². The van der Waals surface area contributed by atoms with Gasteiger partial charge in [0.2, 0.25) is 0 Å². The molecule has 0 amide bonds. The van der Waals surface area contributed by atoms with Crippen LogP contribution in [0.1, 0.15) is 18.5 Å². The molecule has 0 spiro atoms. The molecule has 1 unspecified atom stereocenters. The third kappa shape index (κ3) is 2.18. The number of aromatic nitrogens is 3. The number of anilines is 1. The van der Waals surface area contributed by atoms with Crippen molar-refractivity contribution in [3.63, 3.8) is 0 Å². The van der Waals surface area contributed by atoms with Crippen LogP contribution in [0.3, 0.4) is 0 Å². The maximum atomic E-state index is 13.3. The quantitative estimate of drug-likeness (QED) is 0.861. The minimum absolute atomic E-state index is 0.0295. The van der Waals surface area contributed by atoms with Crippen molar-refractivity contribution in [2.75, 3.05) is 5.32 Å². The highest BCUT2D eigenvalue weighted by Crippen LogP contribution is 2.18. The normalized spacial score (nSPS) is 12.4. The number of nitrogens with one attached hydrogen (secondary N) is 1. The Balaban J connectivity index is 2.13. The van der Waals surface area contributed by atoms with Crippen molar-refractivity contribution in [2.24, 2.45) is 7.05 Å². The van der Waals surface area contributed by atoms with Crippen LogP contribution in [0.5, 0.6) is 0 Å². The van der Waals surface area contributed by atoms with Crippen LogP contribution >= 0.6 is 0 Å². The molecule has 1 N–H and O–H groups in total. The molecule has 4 nitrogen and oxygen atoms in total. The second-order valence-corrected chi connectivity index (χ2v) is 3.65. The minimum Gasteiger partial charge on any atom is -0.361 e. The molecule has 2 aromatic heterocycles. The van der Waals surface area contributed by atoms with E-state index in [9.17, 15) is 4.39 Å². The van der Waals surface area contributed by atoms with E-state index in [1.54, 1.807) is 23.1 Å². The van der Waals surface area contributed by atoms with E-state index < -0.39 is 0 Å². The van der Waals surface area contributed by atoms with Crippen LogP contribution in [0.25, 0.3) is 0 Å². The van der Waals surface area contributed by atoms with Crippen molar-refractivity contribution in [3.8, 4) is 0 Å². The Morgan fingerprint density at radius 3 is 2.94 bits per heavy atom. The van der Waals surface area contributed by atoms with Gasteiger partial charge in [0.05, 0.1) is 12.2 Å². The SMILES string of the molecule is CC(Nc1ncccc1F)c1cnn(C)c1. The van der Waals surface area contributed by atoms with Crippen molar-refractivity contribution in [3.05, 3.63) is 42.1 Å². The number of pyridine rings is 1. The summed E-state index contributed by atoms with van der Waals surface area (Å²) in [5.41, 5.74) is 0.993. The Hall–Kier alpha value is -1.91. The van der Waals surface area contributed by atoms with Crippen LogP contribution in [0.2, 0.25) is 0 Å². The zero-order valence-electron chi connectivity index (χ0n) is 9.18. The van der Waals surface area contributed by atoms with Gasteiger partial charge in [-0.05, 0) is 19.1 Å². The van der Waals surface area contributed by atoms with Crippen LogP contribution in [0.15, 0.2) is 30.7 Å². The molecule has 0 saturated carbocycles. The van der Waals surface area contributed by atoms with Gasteiger partial charge in [-0.2, -0.15) is 5.10 Å². The van der Waals surface area contributed by atoms with Crippen LogP contribution < -0.4 is 5.32 Å². The van der Waals surface area contributed by atoms with Gasteiger partial charge in [-0.3, -0.25) is 4.68 Å². The fraction of sp³-hybridized carbons (Fsp3) is 0.273. The molecule has 5 heteroatoms. The van der Waals surface area contributed by atoms with Crippen molar-refractivity contribution < 1.29 is 4.39 Å². The van der Waals surface area contributed by atoms with E-state index in [2.05, 4.69) is 15.4 Å². The summed E-state index contributed by atoms with van der Waals surface area (Å²) in [6.07, 6.45) is 5.19. The highest BCUT2D eigenvalue weighted by Gasteiger charge is 2.10. The van der Waals surface area contributed by atoms with E-state index >= 15 is 0 Å². The first-order chi connectivity index (χ1) is 7.66. The minimum atomic E-state index is -0.349. The Morgan fingerprint density at radius 2 is 2.31 bits per heavy atom. The predicted octanol–water partition coefficient (Wildman–Crippen LogP) is 2.13. The summed E-state index contributed by atoms with van der Waals surface area (Å²) in [6.45, 7) is 1.94. The molecule has 0 aromatic carbocycles. The predicted molar refractivity (Wildman–Crippen MR) is 59.4 cm³/mol. The molecule has 0 radical (unpaired) electrons. The number of rotatable bonds is 3. The number of halogens is 1. The monoisotopic (exact) mass is 220 g/mol. The molecule has 16 heavy (non-hydrogen) atoms. The molecule has 0 saturated heterocycles. The Kier molecular flexibility index (Phi) is 2.85. The van der Waals surface area contributed by atoms with Crippen molar-refractivity contribution >= 4 is 5.82 Å². The Bertz CT molecular complexity index is 480. The molecular formula is C11H13FN4. The summed E-state index contributed by atoms with van der Waals surface area (Å²) in [7, 11) is 1.84. The Labute approximate surface area is 93.1 Å². The maximum absolute atomic E-state index is 13.3. The summed E-state index contributed by atoms with van der Waals surface area (Å²) >= 11 is 0. The van der Waals surface area contributed by atoms with Crippen LogP contribution in [-0.4, -0.2) is 14.8 Å². The van der Waals surface area contributed by atoms with E-state index in [1.165, 1.54) is 6.07 Å². The second-order valence-electron chi connectivity index (χ2n) is 3.65. The standard InChI is InChI=1S/C11H13FN4/c1-8(9-6-14-16(2)7-9)15-11-10(12)4-3-5-13-11/h3-8H,1-2H3,(H,13,15). The molecule has 0 bridgehead atoms. The van der Waals surface area contributed by atoms with Crippen LogP contribution in [0, 0.1) is 5.82 Å². The third-order valence-corrected chi connectivity index (χ3v) is 2.34. The number of hydrogen-bond acceptors (Lipinski definition) is 3. The number of nitrogens with zero attached hydrogens (tertiary/aromatic N) is 3. The van der Waals surface area contributed by atoms with Gasteiger partial charge in [0.25, 0.3) is 0 Å². The highest BCUT2D eigenvalue weighted by atomic mass is 19.1. The number of hydrogen-bond donors (Lipinski definition) is 1. The van der Waals surface area contributed by atoms with Gasteiger partial charge in [-0.25, -0.2) is 9.37 Å². The lowest BCUT2D eigenvalue weighted by molar-refractivity contribution is 0.621. The van der Waals surface area contributed by atoms with E-state index in [-0.39, 0.29) is 17.7 Å². The van der Waals surface area contributed by atoms with Gasteiger partial charge in [-0.1, -0.05) is 0 Å². The lowest BCUT2D eigenvalue weighted by Gasteiger charge is -2.12. The average Bonchev–Trinajstić information content (AvgIpc) is 2.68. The summed E-state index contributed by atoms with van der Waals surface area (Å²) in [5, 5.41) is 7.06. The molecular weight excluding hydrogens is 207 g/mol. The molecule has 2 heterocycles. The summed E-state index contributed by atoms with van der Waals surface area (Å²) < 4.78 is 15.0. The molecule has 0 aliphatic heterocycles. The molecule has 1 atom stereocenters. The average molecular weight is 220 g/mol. The van der Waals surface area contributed by atoms with Gasteiger partial charge < -0.3 is 5.32 Å². The van der Waals surface area contributed by atoms with Gasteiger partial charge in [-0.15, -0.1) is 0 Å². The largest absolute Gasteiger partial charge is 0.361 e. The fourth-order valence-electron chi connectivity index (χ4n) is 1.44. The van der Waals surface area contributed by atoms with Gasteiger partial charge in [0.1, 0.15) is 0 Å². The summed E-state index contributed by atoms with van der Waals surface area (Å²) in [6, 6.07) is 2.92. The Morgan fingerprint density at radius 1 is 1.50 bits per heavy atom. The molecule has 2 aromatic rings. The smallest absolute Gasteiger partial charge is 0.165 e. The van der Waals surface area contributed by atoms with Crippen molar-refractivity contribution in [1.82, 2.24) is 14.8 Å². The summed E-state index contributed by atoms with van der Waals surface area (Å²) in [5.74, 6) is -0.0860. The maximum Gasteiger partial charge on any atom is 0.165 e. The highest BCUT2D eigenvalue weighted by molar-refractivity contribution is 5.38. The third-order valence-electron chi connectivity index (χ3n) is 2.34. The molecule has 0 aliphatic rings. The molecule has 2 rings (SSSR count). The molecule has 0 fully saturated rings. The zero-order chi connectivity index (χ0) is 11.5. The van der Waals surface area contributed by atoms with Crippen LogP contribution in [-0.2, 0) is 7.05 Å². The lowest BCUT2D eigenvalue weighted by atomic mass is 10.2. The molecule has 84 valence electrons. The first-order valence-electron chi connectivity index (χ1n) is 5.02. The topological polar surface area (TPSA) is 42.7 Å². The number of aryl methyl sites for hydroxylation is 1. The van der Waals surface area contributed by atoms with Gasteiger partial charge in [0.15, 0.2) is 11.6 Å². The fourth-order valence-corrected chi connectivity index (χ4v) is 1.44. The van der Waals surface area contributed by atoms with E-state index in [0.717, 1.165) is 5.56 Å². The zero-order valence-corrected chi connectivity index (χ0v) is 9.18. The first kappa shape index (κ1) is 10.6. The van der Waals surface area contributed by atoms with Crippen molar-refractivity contribution in [1.29, 1.82) is 0 Å². The van der Waals surface area contributed by atoms with Crippen molar-refractivity contribution in [2.45, 2.75) is 13.0 Å². The van der Waals surface area contributed by atoms with Gasteiger partial charge >= 0.3 is 0 Å². The van der Waals surface area contributed by atoms with E-state index in [0.29, 0.717) is 0 Å². The first-order valence-corrected chi connectivity index (χ1v) is 5.02. The van der Waals surface area contributed by atoms with E-state index in [4.69, 9.17) is 0 Å². The lowest BCUT2D eigenvalue weighted by Crippen LogP contribution is -2.08. The second kappa shape index (κ2) is 4.30. The molecule has 0 aliphatic carbocycles. The van der Waals surface area contributed by atoms with Crippen LogP contribution in [0.4, 0.5) is 10.2 Å². The summed E-state index contributed by atoms with van der Waals surface area (Å²) in [4.78, 5) is 3.94. The van der Waals surface area contributed by atoms with Gasteiger partial charge in [0, 0.05) is 25.0 Å².